The Hall–Kier alpha value is -1.38. The molecule has 2 aliphatic carbocycles. The van der Waals surface area contributed by atoms with Gasteiger partial charge in [-0.3, -0.25) is 4.79 Å². The summed E-state index contributed by atoms with van der Waals surface area (Å²) in [5.41, 5.74) is 0. The first kappa shape index (κ1) is 22.9. The van der Waals surface area contributed by atoms with Crippen molar-refractivity contribution in [2.45, 2.75) is 91.4 Å². The van der Waals surface area contributed by atoms with Gasteiger partial charge in [0.25, 0.3) is 0 Å². The normalized spacial score (nSPS) is 27.6. The van der Waals surface area contributed by atoms with Crippen LogP contribution in [0.4, 0.5) is 4.39 Å². The molecule has 0 amide bonds. The molecular weight excluding hydrogens is 351 g/mol. The van der Waals surface area contributed by atoms with Crippen molar-refractivity contribution < 1.29 is 13.9 Å². The molecule has 3 heteroatoms. The van der Waals surface area contributed by atoms with Gasteiger partial charge in [-0.2, -0.15) is 0 Å². The Morgan fingerprint density at radius 3 is 2.07 bits per heavy atom. The molecular formula is C25H39FO2. The quantitative estimate of drug-likeness (QED) is 0.273. The average molecular weight is 391 g/mol. The number of carbonyl (C=O) groups excluding carboxylic acids is 1. The minimum absolute atomic E-state index is 0. The molecule has 0 aliphatic heterocycles. The van der Waals surface area contributed by atoms with Crippen molar-refractivity contribution in [3.63, 3.8) is 0 Å². The zero-order chi connectivity index (χ0) is 19.1. The molecule has 2 saturated carbocycles. The van der Waals surface area contributed by atoms with E-state index in [9.17, 15) is 9.18 Å². The molecule has 0 saturated heterocycles. The number of unbranched alkanes of at least 4 members (excludes halogenated alkanes) is 2. The maximum absolute atomic E-state index is 13.0. The zero-order valence-corrected chi connectivity index (χ0v) is 16.8. The lowest BCUT2D eigenvalue weighted by atomic mass is 9.68. The summed E-state index contributed by atoms with van der Waals surface area (Å²) in [4.78, 5) is 12.4. The van der Waals surface area contributed by atoms with Gasteiger partial charge in [0, 0.05) is 0 Å². The van der Waals surface area contributed by atoms with Crippen LogP contribution >= 0.6 is 0 Å². The van der Waals surface area contributed by atoms with E-state index < -0.39 is 0 Å². The van der Waals surface area contributed by atoms with E-state index in [0.29, 0.717) is 5.75 Å². The lowest BCUT2D eigenvalue weighted by Crippen LogP contribution is -2.30. The maximum Gasteiger partial charge on any atom is 0.314 e. The summed E-state index contributed by atoms with van der Waals surface area (Å²) >= 11 is 0. The fraction of sp³-hybridized carbons (Fsp3) is 0.720. The van der Waals surface area contributed by atoms with E-state index in [4.69, 9.17) is 4.74 Å². The molecule has 0 heterocycles. The van der Waals surface area contributed by atoms with Crippen LogP contribution in [0.25, 0.3) is 0 Å². The highest BCUT2D eigenvalue weighted by atomic mass is 19.1. The highest BCUT2D eigenvalue weighted by Crippen LogP contribution is 2.42. The molecule has 0 radical (unpaired) electrons. The van der Waals surface area contributed by atoms with Crippen LogP contribution in [0.1, 0.15) is 91.4 Å². The summed E-state index contributed by atoms with van der Waals surface area (Å²) in [6.45, 7) is 2.28. The van der Waals surface area contributed by atoms with Gasteiger partial charge in [-0.15, -0.1) is 0 Å². The van der Waals surface area contributed by atoms with Crippen LogP contribution in [0.15, 0.2) is 24.3 Å². The fourth-order valence-electron chi connectivity index (χ4n) is 5.16. The van der Waals surface area contributed by atoms with Crippen molar-refractivity contribution in [3.8, 4) is 5.75 Å². The Balaban J connectivity index is 0.00000280. The molecule has 158 valence electrons. The van der Waals surface area contributed by atoms with Crippen LogP contribution in [0, 0.1) is 29.5 Å². The maximum atomic E-state index is 13.0. The second-order valence-electron chi connectivity index (χ2n) is 8.76. The molecule has 0 bridgehead atoms. The third kappa shape index (κ3) is 6.60. The van der Waals surface area contributed by atoms with Gasteiger partial charge in [0.15, 0.2) is 0 Å². The molecule has 0 spiro atoms. The smallest absolute Gasteiger partial charge is 0.314 e. The van der Waals surface area contributed by atoms with Crippen LogP contribution in [0.3, 0.4) is 0 Å². The summed E-state index contributed by atoms with van der Waals surface area (Å²) in [6.07, 6.45) is 15.4. The average Bonchev–Trinajstić information content (AvgIpc) is 2.70. The third-order valence-electron chi connectivity index (χ3n) is 6.91. The largest absolute Gasteiger partial charge is 0.426 e. The van der Waals surface area contributed by atoms with Crippen LogP contribution in [0.5, 0.6) is 5.75 Å². The molecule has 0 aromatic heterocycles. The molecule has 0 unspecified atom stereocenters. The molecule has 2 aliphatic rings. The monoisotopic (exact) mass is 390 g/mol. The van der Waals surface area contributed by atoms with Gasteiger partial charge in [0.2, 0.25) is 0 Å². The van der Waals surface area contributed by atoms with Crippen molar-refractivity contribution in [2.24, 2.45) is 23.7 Å². The van der Waals surface area contributed by atoms with Crippen LogP contribution < -0.4 is 4.74 Å². The van der Waals surface area contributed by atoms with E-state index in [2.05, 4.69) is 6.92 Å². The van der Waals surface area contributed by atoms with E-state index in [1.54, 1.807) is 0 Å². The number of halogens is 1. The Kier molecular flexibility index (Phi) is 9.47. The van der Waals surface area contributed by atoms with Crippen molar-refractivity contribution in [3.05, 3.63) is 30.1 Å². The number of benzene rings is 1. The highest BCUT2D eigenvalue weighted by molar-refractivity contribution is 5.75. The standard InChI is InChI=1S/C24H35FO2.CH4/c1-2-3-4-5-18-6-8-19(9-7-18)20-10-12-21(13-11-20)24(26)27-23-16-14-22(25)15-17-23;/h14-21H,2-13H2,1H3;1H4. The SMILES string of the molecule is C.CCCCCC1CCC(C2CCC(C(=O)Oc3ccc(F)cc3)CC2)CC1. The number of hydrogen-bond acceptors (Lipinski definition) is 2. The van der Waals surface area contributed by atoms with Crippen molar-refractivity contribution in [2.75, 3.05) is 0 Å². The van der Waals surface area contributed by atoms with Gasteiger partial charge < -0.3 is 4.74 Å². The van der Waals surface area contributed by atoms with Gasteiger partial charge in [0.1, 0.15) is 11.6 Å². The lowest BCUT2D eigenvalue weighted by molar-refractivity contribution is -0.140. The zero-order valence-electron chi connectivity index (χ0n) is 16.8. The van der Waals surface area contributed by atoms with Gasteiger partial charge in [-0.1, -0.05) is 52.9 Å². The first-order valence-corrected chi connectivity index (χ1v) is 11.1. The van der Waals surface area contributed by atoms with Gasteiger partial charge >= 0.3 is 5.97 Å². The Morgan fingerprint density at radius 1 is 0.929 bits per heavy atom. The summed E-state index contributed by atoms with van der Waals surface area (Å²) in [6, 6.07) is 5.71. The first-order chi connectivity index (χ1) is 13.2. The predicted molar refractivity (Wildman–Crippen MR) is 114 cm³/mol. The summed E-state index contributed by atoms with van der Waals surface area (Å²) in [5.74, 6) is 2.66. The minimum atomic E-state index is -0.310. The van der Waals surface area contributed by atoms with Gasteiger partial charge in [-0.05, 0) is 80.5 Å². The minimum Gasteiger partial charge on any atom is -0.426 e. The van der Waals surface area contributed by atoms with E-state index in [-0.39, 0.29) is 25.1 Å². The number of hydrogen-bond donors (Lipinski definition) is 0. The van der Waals surface area contributed by atoms with Crippen LogP contribution in [0.2, 0.25) is 0 Å². The van der Waals surface area contributed by atoms with Gasteiger partial charge in [-0.25, -0.2) is 4.39 Å². The summed E-state index contributed by atoms with van der Waals surface area (Å²) < 4.78 is 18.4. The lowest BCUT2D eigenvalue weighted by Gasteiger charge is -2.37. The molecule has 1 aromatic carbocycles. The number of rotatable bonds is 7. The van der Waals surface area contributed by atoms with Crippen molar-refractivity contribution in [1.82, 2.24) is 0 Å². The molecule has 0 N–H and O–H groups in total. The summed E-state index contributed by atoms with van der Waals surface area (Å²) in [7, 11) is 0. The second-order valence-corrected chi connectivity index (χ2v) is 8.76. The van der Waals surface area contributed by atoms with E-state index >= 15 is 0 Å². The Labute approximate surface area is 171 Å². The van der Waals surface area contributed by atoms with E-state index in [0.717, 1.165) is 43.4 Å². The summed E-state index contributed by atoms with van der Waals surface area (Å²) in [5, 5.41) is 0. The highest BCUT2D eigenvalue weighted by Gasteiger charge is 2.33. The molecule has 28 heavy (non-hydrogen) atoms. The van der Waals surface area contributed by atoms with Gasteiger partial charge in [0.05, 0.1) is 5.92 Å². The molecule has 2 nitrogen and oxygen atoms in total. The van der Waals surface area contributed by atoms with Crippen molar-refractivity contribution in [1.29, 1.82) is 0 Å². The number of ether oxygens (including phenoxy) is 1. The third-order valence-corrected chi connectivity index (χ3v) is 6.91. The Morgan fingerprint density at radius 2 is 1.50 bits per heavy atom. The van der Waals surface area contributed by atoms with E-state index in [1.807, 2.05) is 0 Å². The molecule has 0 atom stereocenters. The van der Waals surface area contributed by atoms with Crippen molar-refractivity contribution >= 4 is 5.97 Å². The first-order valence-electron chi connectivity index (χ1n) is 11.1. The fourth-order valence-corrected chi connectivity index (χ4v) is 5.16. The van der Waals surface area contributed by atoms with Crippen LogP contribution in [-0.2, 0) is 4.79 Å². The van der Waals surface area contributed by atoms with E-state index in [1.165, 1.54) is 75.6 Å². The van der Waals surface area contributed by atoms with Crippen LogP contribution in [-0.4, -0.2) is 5.97 Å². The predicted octanol–water partition coefficient (Wildman–Crippen LogP) is 7.56. The number of esters is 1. The molecule has 3 rings (SSSR count). The topological polar surface area (TPSA) is 26.3 Å². The molecule has 2 fully saturated rings. The second kappa shape index (κ2) is 11.6. The molecule has 1 aromatic rings. The number of carbonyl (C=O) groups is 1. The Bertz CT molecular complexity index is 567.